The molecule has 4 saturated heterocycles. The minimum absolute atomic E-state index is 0.720. The van der Waals surface area contributed by atoms with E-state index in [4.69, 9.17) is 0 Å². The molecule has 23 heavy (non-hydrogen) atoms. The molecule has 122 valence electrons. The minimum Gasteiger partial charge on any atom is -0.354 e. The van der Waals surface area contributed by atoms with Gasteiger partial charge in [-0.2, -0.15) is 4.52 Å². The molecule has 0 aliphatic carbocycles. The summed E-state index contributed by atoms with van der Waals surface area (Å²) >= 11 is 0. The lowest BCUT2D eigenvalue weighted by Crippen LogP contribution is -2.59. The van der Waals surface area contributed by atoms with E-state index in [1.165, 1.54) is 32.5 Å². The van der Waals surface area contributed by atoms with Crippen LogP contribution in [0.2, 0.25) is 0 Å². The summed E-state index contributed by atoms with van der Waals surface area (Å²) in [7, 11) is 0. The average molecular weight is 313 g/mol. The zero-order valence-corrected chi connectivity index (χ0v) is 13.3. The Hall–Kier alpha value is -1.73. The predicted molar refractivity (Wildman–Crippen MR) is 87.4 cm³/mol. The summed E-state index contributed by atoms with van der Waals surface area (Å²) in [4.78, 5) is 4.95. The van der Waals surface area contributed by atoms with Crippen molar-refractivity contribution in [2.45, 2.75) is 18.9 Å². The van der Waals surface area contributed by atoms with Gasteiger partial charge in [-0.05, 0) is 44.0 Å². The summed E-state index contributed by atoms with van der Waals surface area (Å²) in [5.41, 5.74) is 0.801. The van der Waals surface area contributed by atoms with Crippen molar-refractivity contribution in [2.75, 3.05) is 44.2 Å². The molecule has 4 aliphatic heterocycles. The summed E-state index contributed by atoms with van der Waals surface area (Å²) in [5.74, 6) is 2.68. The maximum absolute atomic E-state index is 4.56. The van der Waals surface area contributed by atoms with E-state index in [1.54, 1.807) is 10.8 Å². The van der Waals surface area contributed by atoms with Gasteiger partial charge in [0.2, 0.25) is 0 Å². The lowest BCUT2D eigenvalue weighted by molar-refractivity contribution is 0.0700. The van der Waals surface area contributed by atoms with E-state index < -0.39 is 0 Å². The van der Waals surface area contributed by atoms with E-state index in [9.17, 15) is 0 Å². The van der Waals surface area contributed by atoms with Gasteiger partial charge in [0.25, 0.3) is 0 Å². The highest BCUT2D eigenvalue weighted by Crippen LogP contribution is 2.28. The Labute approximate surface area is 135 Å². The van der Waals surface area contributed by atoms with Crippen molar-refractivity contribution in [1.29, 1.82) is 0 Å². The van der Waals surface area contributed by atoms with Gasteiger partial charge in [0.05, 0.1) is 0 Å². The Kier molecular flexibility index (Phi) is 3.22. The fraction of sp³-hybridized carbons (Fsp3) is 0.688. The van der Waals surface area contributed by atoms with Gasteiger partial charge in [-0.15, -0.1) is 15.3 Å². The number of hydrogen-bond acceptors (Lipinski definition) is 6. The first-order valence-electron chi connectivity index (χ1n) is 8.73. The first kappa shape index (κ1) is 13.7. The van der Waals surface area contributed by atoms with Gasteiger partial charge in [0, 0.05) is 38.1 Å². The summed E-state index contributed by atoms with van der Waals surface area (Å²) in [6, 6.07) is 4.74. The first-order chi connectivity index (χ1) is 11.3. The largest absolute Gasteiger partial charge is 0.354 e. The van der Waals surface area contributed by atoms with Gasteiger partial charge < -0.3 is 15.1 Å². The van der Waals surface area contributed by atoms with Crippen LogP contribution in [0.4, 0.5) is 5.82 Å². The van der Waals surface area contributed by atoms with Gasteiger partial charge in [0.15, 0.2) is 5.65 Å². The molecule has 2 aromatic rings. The molecule has 7 nitrogen and oxygen atoms in total. The molecule has 2 aromatic heterocycles. The number of fused-ring (bicyclic) bond motifs is 4. The Morgan fingerprint density at radius 2 is 2.00 bits per heavy atom. The second-order valence-electron chi connectivity index (χ2n) is 7.25. The van der Waals surface area contributed by atoms with Crippen molar-refractivity contribution in [1.82, 2.24) is 30.0 Å². The SMILES string of the molecule is c1cc2nncn2nc1N1CC(CNC2CN3CCC2CC3)C1. The van der Waals surface area contributed by atoms with Gasteiger partial charge in [-0.1, -0.05) is 0 Å². The fourth-order valence-corrected chi connectivity index (χ4v) is 4.29. The van der Waals surface area contributed by atoms with Crippen LogP contribution in [0.15, 0.2) is 18.5 Å². The van der Waals surface area contributed by atoms with E-state index in [-0.39, 0.29) is 0 Å². The van der Waals surface area contributed by atoms with Crippen LogP contribution in [-0.4, -0.2) is 70.0 Å². The molecule has 2 bridgehead atoms. The third-order valence-electron chi connectivity index (χ3n) is 5.75. The smallest absolute Gasteiger partial charge is 0.177 e. The van der Waals surface area contributed by atoms with Crippen molar-refractivity contribution in [3.63, 3.8) is 0 Å². The highest BCUT2D eigenvalue weighted by atomic mass is 15.4. The van der Waals surface area contributed by atoms with Gasteiger partial charge in [-0.25, -0.2) is 0 Å². The van der Waals surface area contributed by atoms with Crippen LogP contribution in [0.3, 0.4) is 0 Å². The van der Waals surface area contributed by atoms with E-state index in [0.717, 1.165) is 49.0 Å². The van der Waals surface area contributed by atoms with Gasteiger partial charge >= 0.3 is 0 Å². The normalized spacial score (nSPS) is 30.8. The van der Waals surface area contributed by atoms with Gasteiger partial charge in [0.1, 0.15) is 12.1 Å². The molecule has 7 heteroatoms. The van der Waals surface area contributed by atoms with Crippen molar-refractivity contribution < 1.29 is 0 Å². The molecule has 1 N–H and O–H groups in total. The zero-order chi connectivity index (χ0) is 15.2. The van der Waals surface area contributed by atoms with Crippen molar-refractivity contribution in [3.8, 4) is 0 Å². The average Bonchev–Trinajstić information content (AvgIpc) is 3.02. The Morgan fingerprint density at radius 1 is 1.13 bits per heavy atom. The lowest BCUT2D eigenvalue weighted by atomic mass is 9.83. The molecule has 0 amide bonds. The molecule has 0 radical (unpaired) electrons. The molecule has 0 aromatic carbocycles. The third-order valence-corrected chi connectivity index (χ3v) is 5.75. The molecular weight excluding hydrogens is 290 g/mol. The molecule has 1 unspecified atom stereocenters. The number of aromatic nitrogens is 4. The second-order valence-corrected chi connectivity index (χ2v) is 7.25. The maximum atomic E-state index is 4.56. The van der Waals surface area contributed by atoms with Gasteiger partial charge in [-0.3, -0.25) is 0 Å². The molecule has 4 fully saturated rings. The van der Waals surface area contributed by atoms with E-state index in [0.29, 0.717) is 0 Å². The number of nitrogens with one attached hydrogen (secondary N) is 1. The monoisotopic (exact) mass is 313 g/mol. The summed E-state index contributed by atoms with van der Waals surface area (Å²) in [5, 5.41) is 16.3. The lowest BCUT2D eigenvalue weighted by Gasteiger charge is -2.47. The highest BCUT2D eigenvalue weighted by Gasteiger charge is 2.35. The molecule has 4 aliphatic rings. The van der Waals surface area contributed by atoms with Crippen LogP contribution < -0.4 is 10.2 Å². The Balaban J connectivity index is 1.14. The Bertz CT molecular complexity index is 685. The summed E-state index contributed by atoms with van der Waals surface area (Å²) in [6.07, 6.45) is 4.43. The summed E-state index contributed by atoms with van der Waals surface area (Å²) in [6.45, 7) is 7.21. The standard InChI is InChI=1S/C16H23N7/c1-2-16(20-23-11-18-19-15(1)23)22-8-12(9-22)7-17-14-10-21-5-3-13(14)4-6-21/h1-2,11-14,17H,3-10H2. The van der Waals surface area contributed by atoms with Crippen LogP contribution in [0.25, 0.3) is 5.65 Å². The Morgan fingerprint density at radius 3 is 2.78 bits per heavy atom. The number of anilines is 1. The van der Waals surface area contributed by atoms with Crippen molar-refractivity contribution in [2.24, 2.45) is 11.8 Å². The highest BCUT2D eigenvalue weighted by molar-refractivity contribution is 5.46. The predicted octanol–water partition coefficient (Wildman–Crippen LogP) is 0.244. The quantitative estimate of drug-likeness (QED) is 0.873. The van der Waals surface area contributed by atoms with Crippen LogP contribution in [0.1, 0.15) is 12.8 Å². The minimum atomic E-state index is 0.720. The molecular formula is C16H23N7. The molecule has 0 spiro atoms. The summed E-state index contributed by atoms with van der Waals surface area (Å²) < 4.78 is 1.74. The maximum Gasteiger partial charge on any atom is 0.177 e. The number of nitrogens with zero attached hydrogens (tertiary/aromatic N) is 6. The van der Waals surface area contributed by atoms with Crippen LogP contribution in [-0.2, 0) is 0 Å². The third kappa shape index (κ3) is 2.48. The van der Waals surface area contributed by atoms with Crippen LogP contribution in [0, 0.1) is 11.8 Å². The zero-order valence-electron chi connectivity index (χ0n) is 13.3. The van der Waals surface area contributed by atoms with Crippen LogP contribution >= 0.6 is 0 Å². The topological polar surface area (TPSA) is 61.6 Å². The molecule has 6 heterocycles. The second kappa shape index (κ2) is 5.42. The van der Waals surface area contributed by atoms with E-state index in [1.807, 2.05) is 12.1 Å². The van der Waals surface area contributed by atoms with E-state index in [2.05, 4.69) is 30.4 Å². The molecule has 1 atom stereocenters. The number of hydrogen-bond donors (Lipinski definition) is 1. The van der Waals surface area contributed by atoms with E-state index >= 15 is 0 Å². The number of piperidine rings is 3. The number of rotatable bonds is 4. The molecule has 0 saturated carbocycles. The fourth-order valence-electron chi connectivity index (χ4n) is 4.29. The molecule has 6 rings (SSSR count). The van der Waals surface area contributed by atoms with Crippen LogP contribution in [0.5, 0.6) is 0 Å². The van der Waals surface area contributed by atoms with Crippen molar-refractivity contribution >= 4 is 11.5 Å². The van der Waals surface area contributed by atoms with Crippen molar-refractivity contribution in [3.05, 3.63) is 18.5 Å². The first-order valence-corrected chi connectivity index (χ1v) is 8.73.